The Kier molecular flexibility index (Phi) is 6.88. The average molecular weight is 355 g/mol. The molecule has 0 aromatic heterocycles. The van der Waals surface area contributed by atoms with Crippen LogP contribution in [-0.4, -0.2) is 19.1 Å². The lowest BCUT2D eigenvalue weighted by Crippen LogP contribution is -2.23. The third-order valence-electron chi connectivity index (χ3n) is 4.18. The van der Waals surface area contributed by atoms with Gasteiger partial charge in [-0.25, -0.2) is 0 Å². The molecule has 0 bridgehead atoms. The lowest BCUT2D eigenvalue weighted by Gasteiger charge is -2.28. The molecule has 108 valence electrons. The van der Waals surface area contributed by atoms with Crippen LogP contribution in [0.15, 0.2) is 0 Å². The first-order valence-electron chi connectivity index (χ1n) is 7.10. The maximum atomic E-state index is 6.14. The molecule has 0 radical (unpaired) electrons. The standard InChI is InChI=1S/C14H20Cl2S3/c15-11-5-1-9(2-6-11)13(17)19-14(18)10-3-7-12(16)8-4-10/h9-12H,1-8H2. The van der Waals surface area contributed by atoms with Crippen LogP contribution in [0.5, 0.6) is 0 Å². The molecule has 2 rings (SSSR count). The van der Waals surface area contributed by atoms with Crippen LogP contribution in [0.1, 0.15) is 51.4 Å². The van der Waals surface area contributed by atoms with Crippen molar-refractivity contribution in [2.75, 3.05) is 0 Å². The minimum atomic E-state index is 0.356. The number of alkyl halides is 2. The highest BCUT2D eigenvalue weighted by molar-refractivity contribution is 8.38. The Morgan fingerprint density at radius 2 is 1.00 bits per heavy atom. The van der Waals surface area contributed by atoms with Gasteiger partial charge >= 0.3 is 0 Å². The summed E-state index contributed by atoms with van der Waals surface area (Å²) in [6.07, 6.45) is 8.92. The summed E-state index contributed by atoms with van der Waals surface area (Å²) in [6, 6.07) is 0. The van der Waals surface area contributed by atoms with Crippen molar-refractivity contribution in [3.05, 3.63) is 0 Å². The summed E-state index contributed by atoms with van der Waals surface area (Å²) in [5.41, 5.74) is 0. The Morgan fingerprint density at radius 1 is 0.684 bits per heavy atom. The Morgan fingerprint density at radius 3 is 1.32 bits per heavy atom. The SMILES string of the molecule is S=C(SC(=S)C1CCC(Cl)CC1)C1CCC(Cl)CC1. The van der Waals surface area contributed by atoms with Crippen molar-refractivity contribution in [1.82, 2.24) is 0 Å². The van der Waals surface area contributed by atoms with Crippen molar-refractivity contribution < 1.29 is 0 Å². The average Bonchev–Trinajstić information content (AvgIpc) is 2.40. The van der Waals surface area contributed by atoms with Crippen LogP contribution < -0.4 is 0 Å². The molecule has 0 aliphatic heterocycles. The molecule has 0 nitrogen and oxygen atoms in total. The molecule has 0 amide bonds. The van der Waals surface area contributed by atoms with E-state index >= 15 is 0 Å². The Bertz CT molecular complexity index is 298. The van der Waals surface area contributed by atoms with Crippen LogP contribution in [0, 0.1) is 11.8 Å². The van der Waals surface area contributed by atoms with Gasteiger partial charge in [0.25, 0.3) is 0 Å². The Labute approximate surface area is 141 Å². The third-order valence-corrected chi connectivity index (χ3v) is 7.29. The van der Waals surface area contributed by atoms with Gasteiger partial charge in [-0.1, -0.05) is 36.2 Å². The topological polar surface area (TPSA) is 0 Å². The summed E-state index contributed by atoms with van der Waals surface area (Å²) in [5, 5.41) is 0.713. The van der Waals surface area contributed by atoms with Gasteiger partial charge in [0, 0.05) is 22.6 Å². The van der Waals surface area contributed by atoms with Crippen LogP contribution in [-0.2, 0) is 0 Å². The van der Waals surface area contributed by atoms with Gasteiger partial charge in [-0.3, -0.25) is 0 Å². The zero-order valence-electron chi connectivity index (χ0n) is 10.9. The highest BCUT2D eigenvalue weighted by Gasteiger charge is 2.27. The van der Waals surface area contributed by atoms with Crippen LogP contribution in [0.25, 0.3) is 0 Å². The van der Waals surface area contributed by atoms with Gasteiger partial charge < -0.3 is 0 Å². The smallest absolute Gasteiger partial charge is 0.0563 e. The molecular formula is C14H20Cl2S3. The quantitative estimate of drug-likeness (QED) is 0.442. The fraction of sp³-hybridized carbons (Fsp3) is 0.857. The molecule has 2 saturated carbocycles. The number of hydrogen-bond acceptors (Lipinski definition) is 3. The largest absolute Gasteiger partial charge is 0.123 e. The molecule has 19 heavy (non-hydrogen) atoms. The normalized spacial score (nSPS) is 35.9. The molecule has 0 spiro atoms. The second-order valence-corrected chi connectivity index (χ2v) is 9.35. The zero-order valence-corrected chi connectivity index (χ0v) is 14.9. The lowest BCUT2D eigenvalue weighted by atomic mass is 9.90. The first kappa shape index (κ1) is 16.5. The lowest BCUT2D eigenvalue weighted by molar-refractivity contribution is 0.450. The van der Waals surface area contributed by atoms with Gasteiger partial charge in [-0.05, 0) is 51.4 Å². The van der Waals surface area contributed by atoms with Crippen molar-refractivity contribution in [1.29, 1.82) is 0 Å². The van der Waals surface area contributed by atoms with Crippen molar-refractivity contribution in [2.24, 2.45) is 11.8 Å². The molecule has 0 aromatic rings. The Balaban J connectivity index is 1.77. The molecule has 0 saturated heterocycles. The molecule has 2 fully saturated rings. The molecule has 0 heterocycles. The fourth-order valence-corrected chi connectivity index (χ4v) is 5.52. The van der Waals surface area contributed by atoms with Gasteiger partial charge in [-0.2, -0.15) is 0 Å². The van der Waals surface area contributed by atoms with E-state index in [9.17, 15) is 0 Å². The monoisotopic (exact) mass is 354 g/mol. The van der Waals surface area contributed by atoms with Crippen molar-refractivity contribution in [2.45, 2.75) is 62.1 Å². The molecule has 2 aliphatic rings. The number of rotatable bonds is 2. The summed E-state index contributed by atoms with van der Waals surface area (Å²) in [5.74, 6) is 1.08. The van der Waals surface area contributed by atoms with Gasteiger partial charge in [0.15, 0.2) is 0 Å². The first-order chi connectivity index (χ1) is 9.06. The van der Waals surface area contributed by atoms with E-state index in [2.05, 4.69) is 0 Å². The van der Waals surface area contributed by atoms with E-state index < -0.39 is 0 Å². The summed E-state index contributed by atoms with van der Waals surface area (Å²) >= 11 is 25.1. The molecule has 5 heteroatoms. The highest BCUT2D eigenvalue weighted by atomic mass is 35.5. The van der Waals surface area contributed by atoms with E-state index in [0.29, 0.717) is 22.6 Å². The van der Waals surface area contributed by atoms with E-state index in [0.717, 1.165) is 59.8 Å². The number of thioether (sulfide) groups is 1. The van der Waals surface area contributed by atoms with Crippen LogP contribution >= 0.6 is 59.4 Å². The summed E-state index contributed by atoms with van der Waals surface area (Å²) in [4.78, 5) is 0. The molecule has 2 aliphatic carbocycles. The number of thiocarbonyl (C=S) groups is 2. The van der Waals surface area contributed by atoms with E-state index in [1.54, 1.807) is 11.8 Å². The van der Waals surface area contributed by atoms with E-state index in [1.165, 1.54) is 0 Å². The molecule has 0 N–H and O–H groups in total. The molecule has 0 unspecified atom stereocenters. The molecular weight excluding hydrogens is 335 g/mol. The third kappa shape index (κ3) is 5.10. The first-order valence-corrected chi connectivity index (χ1v) is 9.60. The number of halogens is 2. The minimum absolute atomic E-state index is 0.356. The second kappa shape index (κ2) is 7.93. The van der Waals surface area contributed by atoms with Crippen molar-refractivity contribution in [3.63, 3.8) is 0 Å². The van der Waals surface area contributed by atoms with Gasteiger partial charge in [0.05, 0.1) is 8.39 Å². The van der Waals surface area contributed by atoms with E-state index in [1.807, 2.05) is 0 Å². The van der Waals surface area contributed by atoms with Gasteiger partial charge in [0.1, 0.15) is 0 Å². The predicted molar refractivity (Wildman–Crippen MR) is 96.0 cm³/mol. The van der Waals surface area contributed by atoms with Crippen LogP contribution in [0.4, 0.5) is 0 Å². The van der Waals surface area contributed by atoms with E-state index in [-0.39, 0.29) is 0 Å². The highest BCUT2D eigenvalue weighted by Crippen LogP contribution is 2.36. The number of hydrogen-bond donors (Lipinski definition) is 0. The summed E-state index contributed by atoms with van der Waals surface area (Å²) in [7, 11) is 0. The zero-order chi connectivity index (χ0) is 13.8. The summed E-state index contributed by atoms with van der Waals surface area (Å²) < 4.78 is 2.20. The van der Waals surface area contributed by atoms with Gasteiger partial charge in [-0.15, -0.1) is 23.2 Å². The Hall–Kier alpha value is 1.11. The van der Waals surface area contributed by atoms with E-state index in [4.69, 9.17) is 47.6 Å². The van der Waals surface area contributed by atoms with Crippen LogP contribution in [0.2, 0.25) is 0 Å². The van der Waals surface area contributed by atoms with Crippen molar-refractivity contribution >= 4 is 67.8 Å². The maximum absolute atomic E-state index is 6.14. The van der Waals surface area contributed by atoms with Crippen molar-refractivity contribution in [3.8, 4) is 0 Å². The van der Waals surface area contributed by atoms with Crippen LogP contribution in [0.3, 0.4) is 0 Å². The molecule has 0 aromatic carbocycles. The minimum Gasteiger partial charge on any atom is -0.123 e. The fourth-order valence-electron chi connectivity index (χ4n) is 2.84. The second-order valence-electron chi connectivity index (χ2n) is 5.64. The molecule has 0 atom stereocenters. The maximum Gasteiger partial charge on any atom is 0.0563 e. The summed E-state index contributed by atoms with van der Waals surface area (Å²) in [6.45, 7) is 0. The van der Waals surface area contributed by atoms with Gasteiger partial charge in [0.2, 0.25) is 0 Å². The predicted octanol–water partition coefficient (Wildman–Crippen LogP) is 5.97.